The molecule has 5 nitrogen and oxygen atoms in total. The Morgan fingerprint density at radius 1 is 1.12 bits per heavy atom. The van der Waals surface area contributed by atoms with Crippen LogP contribution in [0.25, 0.3) is 11.1 Å². The van der Waals surface area contributed by atoms with Gasteiger partial charge in [-0.1, -0.05) is 20.8 Å². The highest BCUT2D eigenvalue weighted by Gasteiger charge is 2.31. The van der Waals surface area contributed by atoms with Crippen molar-refractivity contribution in [2.75, 3.05) is 5.32 Å². The molecule has 0 saturated carbocycles. The number of rotatable bonds is 2. The van der Waals surface area contributed by atoms with Gasteiger partial charge in [-0.05, 0) is 30.3 Å². The van der Waals surface area contributed by atoms with Crippen molar-refractivity contribution in [2.45, 2.75) is 32.4 Å². The first-order valence-electron chi connectivity index (χ1n) is 7.80. The van der Waals surface area contributed by atoms with Crippen LogP contribution in [0.2, 0.25) is 0 Å². The van der Waals surface area contributed by atoms with Gasteiger partial charge in [0.25, 0.3) is 5.91 Å². The molecule has 3 rings (SSSR count). The molecule has 0 bridgehead atoms. The van der Waals surface area contributed by atoms with Crippen LogP contribution in [0.3, 0.4) is 0 Å². The number of carbonyl (C=O) groups excluding carboxylic acids is 1. The minimum atomic E-state index is -4.50. The maximum absolute atomic E-state index is 12.5. The Morgan fingerprint density at radius 3 is 2.42 bits per heavy atom. The number of alkyl halides is 3. The normalized spacial score (nSPS) is 12.4. The Kier molecular flexibility index (Phi) is 4.21. The number of fused-ring (bicyclic) bond motifs is 1. The topological polar surface area (TPSA) is 68.0 Å². The van der Waals surface area contributed by atoms with E-state index in [1.54, 1.807) is 18.2 Å². The van der Waals surface area contributed by atoms with Crippen LogP contribution in [0.1, 0.15) is 42.7 Å². The highest BCUT2D eigenvalue weighted by atomic mass is 19.4. The third-order valence-electron chi connectivity index (χ3n) is 3.61. The van der Waals surface area contributed by atoms with Crippen molar-refractivity contribution in [3.05, 3.63) is 53.7 Å². The van der Waals surface area contributed by atoms with Crippen LogP contribution >= 0.6 is 0 Å². The lowest BCUT2D eigenvalue weighted by Gasteiger charge is -2.11. The van der Waals surface area contributed by atoms with Crippen LogP contribution in [0.5, 0.6) is 0 Å². The quantitative estimate of drug-likeness (QED) is 0.711. The average molecular weight is 363 g/mol. The minimum Gasteiger partial charge on any atom is -0.440 e. The van der Waals surface area contributed by atoms with Crippen LogP contribution in [0.4, 0.5) is 18.9 Å². The third-order valence-corrected chi connectivity index (χ3v) is 3.61. The molecular formula is C18H16F3N3O2. The van der Waals surface area contributed by atoms with Crippen LogP contribution in [0, 0.1) is 0 Å². The fourth-order valence-corrected chi connectivity index (χ4v) is 2.22. The third kappa shape index (κ3) is 3.68. The minimum absolute atomic E-state index is 0.117. The smallest absolute Gasteiger partial charge is 0.417 e. The van der Waals surface area contributed by atoms with Crippen LogP contribution in [-0.2, 0) is 11.6 Å². The zero-order valence-electron chi connectivity index (χ0n) is 14.3. The highest BCUT2D eigenvalue weighted by molar-refractivity contribution is 6.03. The van der Waals surface area contributed by atoms with Crippen molar-refractivity contribution >= 4 is 22.7 Å². The summed E-state index contributed by atoms with van der Waals surface area (Å²) in [6, 6.07) is 6.79. The molecule has 2 heterocycles. The number of hydrogen-bond acceptors (Lipinski definition) is 4. The van der Waals surface area contributed by atoms with Gasteiger partial charge in [-0.2, -0.15) is 13.2 Å². The Bertz CT molecular complexity index is 954. The van der Waals surface area contributed by atoms with E-state index in [2.05, 4.69) is 15.3 Å². The second kappa shape index (κ2) is 6.12. The van der Waals surface area contributed by atoms with E-state index >= 15 is 0 Å². The van der Waals surface area contributed by atoms with Gasteiger partial charge < -0.3 is 9.73 Å². The SMILES string of the molecule is CC(C)(C)c1nc2cc(NC(=O)c3ccc(C(F)(F)F)cn3)ccc2o1. The molecule has 0 aliphatic rings. The van der Waals surface area contributed by atoms with Gasteiger partial charge in [0.2, 0.25) is 5.89 Å². The Hall–Kier alpha value is -2.90. The van der Waals surface area contributed by atoms with E-state index in [0.29, 0.717) is 28.9 Å². The summed E-state index contributed by atoms with van der Waals surface area (Å²) in [4.78, 5) is 20.2. The van der Waals surface area contributed by atoms with E-state index in [4.69, 9.17) is 4.42 Å². The van der Waals surface area contributed by atoms with Gasteiger partial charge in [0.05, 0.1) is 5.56 Å². The molecule has 26 heavy (non-hydrogen) atoms. The van der Waals surface area contributed by atoms with Gasteiger partial charge in [-0.25, -0.2) is 4.98 Å². The Balaban J connectivity index is 1.80. The van der Waals surface area contributed by atoms with Crippen molar-refractivity contribution in [3.63, 3.8) is 0 Å². The van der Waals surface area contributed by atoms with Crippen molar-refractivity contribution < 1.29 is 22.4 Å². The first kappa shape index (κ1) is 17.9. The Morgan fingerprint density at radius 2 is 1.85 bits per heavy atom. The number of carbonyl (C=O) groups is 1. The molecule has 0 fully saturated rings. The monoisotopic (exact) mass is 363 g/mol. The summed E-state index contributed by atoms with van der Waals surface area (Å²) < 4.78 is 43.3. The van der Waals surface area contributed by atoms with E-state index in [1.807, 2.05) is 20.8 Å². The van der Waals surface area contributed by atoms with E-state index in [0.717, 1.165) is 12.1 Å². The maximum atomic E-state index is 12.5. The molecule has 1 amide bonds. The number of benzene rings is 1. The number of oxazole rings is 1. The number of halogens is 3. The average Bonchev–Trinajstić information content (AvgIpc) is 2.98. The van der Waals surface area contributed by atoms with Gasteiger partial charge in [0, 0.05) is 17.3 Å². The summed E-state index contributed by atoms with van der Waals surface area (Å²) in [6.45, 7) is 5.91. The fourth-order valence-electron chi connectivity index (χ4n) is 2.22. The molecule has 0 atom stereocenters. The van der Waals surface area contributed by atoms with Gasteiger partial charge in [-0.3, -0.25) is 9.78 Å². The molecule has 0 saturated heterocycles. The second-order valence-electron chi connectivity index (χ2n) is 6.84. The summed E-state index contributed by atoms with van der Waals surface area (Å²) in [5.74, 6) is -0.0435. The van der Waals surface area contributed by atoms with Crippen molar-refractivity contribution in [1.82, 2.24) is 9.97 Å². The van der Waals surface area contributed by atoms with Crippen molar-refractivity contribution in [3.8, 4) is 0 Å². The lowest BCUT2D eigenvalue weighted by molar-refractivity contribution is -0.137. The zero-order valence-corrected chi connectivity index (χ0v) is 14.3. The predicted molar refractivity (Wildman–Crippen MR) is 89.9 cm³/mol. The molecular weight excluding hydrogens is 347 g/mol. The van der Waals surface area contributed by atoms with Gasteiger partial charge in [0.15, 0.2) is 5.58 Å². The van der Waals surface area contributed by atoms with E-state index < -0.39 is 17.6 Å². The number of amides is 1. The molecule has 2 aromatic heterocycles. The summed E-state index contributed by atoms with van der Waals surface area (Å²) >= 11 is 0. The number of aromatic nitrogens is 2. The largest absolute Gasteiger partial charge is 0.440 e. The molecule has 0 aliphatic carbocycles. The number of nitrogens with one attached hydrogen (secondary N) is 1. The molecule has 0 spiro atoms. The van der Waals surface area contributed by atoms with Crippen LogP contribution in [0.15, 0.2) is 40.9 Å². The molecule has 0 radical (unpaired) electrons. The van der Waals surface area contributed by atoms with Gasteiger partial charge in [-0.15, -0.1) is 0 Å². The zero-order chi connectivity index (χ0) is 19.1. The van der Waals surface area contributed by atoms with E-state index in [9.17, 15) is 18.0 Å². The maximum Gasteiger partial charge on any atom is 0.417 e. The molecule has 1 aromatic carbocycles. The number of nitrogens with zero attached hydrogens (tertiary/aromatic N) is 2. The summed E-state index contributed by atoms with van der Waals surface area (Å²) in [5.41, 5.74) is 0.320. The lowest BCUT2D eigenvalue weighted by atomic mass is 9.97. The van der Waals surface area contributed by atoms with Gasteiger partial charge in [0.1, 0.15) is 11.2 Å². The molecule has 0 aliphatic heterocycles. The lowest BCUT2D eigenvalue weighted by Crippen LogP contribution is -2.14. The fraction of sp³-hybridized carbons (Fsp3) is 0.278. The molecule has 3 aromatic rings. The summed E-state index contributed by atoms with van der Waals surface area (Å²) in [6.07, 6.45) is -3.86. The van der Waals surface area contributed by atoms with Crippen LogP contribution < -0.4 is 5.32 Å². The molecule has 136 valence electrons. The summed E-state index contributed by atoms with van der Waals surface area (Å²) in [7, 11) is 0. The second-order valence-corrected chi connectivity index (χ2v) is 6.84. The highest BCUT2D eigenvalue weighted by Crippen LogP contribution is 2.29. The molecule has 8 heteroatoms. The van der Waals surface area contributed by atoms with Crippen molar-refractivity contribution in [1.29, 1.82) is 0 Å². The first-order chi connectivity index (χ1) is 12.0. The van der Waals surface area contributed by atoms with E-state index in [1.165, 1.54) is 0 Å². The number of anilines is 1. The standard InChI is InChI=1S/C18H16F3N3O2/c1-17(2,3)16-24-13-8-11(5-7-14(13)26-16)23-15(25)12-6-4-10(9-22-12)18(19,20)21/h4-9H,1-3H3,(H,23,25). The first-order valence-corrected chi connectivity index (χ1v) is 7.80. The Labute approximate surface area is 147 Å². The van der Waals surface area contributed by atoms with Gasteiger partial charge >= 0.3 is 6.18 Å². The van der Waals surface area contributed by atoms with Crippen molar-refractivity contribution in [2.24, 2.45) is 0 Å². The molecule has 1 N–H and O–H groups in total. The number of pyridine rings is 1. The number of hydrogen-bond donors (Lipinski definition) is 1. The van der Waals surface area contributed by atoms with E-state index in [-0.39, 0.29) is 11.1 Å². The van der Waals surface area contributed by atoms with Crippen LogP contribution in [-0.4, -0.2) is 15.9 Å². The summed E-state index contributed by atoms with van der Waals surface area (Å²) in [5, 5.41) is 2.59. The molecule has 0 unspecified atom stereocenters. The predicted octanol–water partition coefficient (Wildman–Crippen LogP) is 4.79.